The lowest BCUT2D eigenvalue weighted by Crippen LogP contribution is -2.13. The SMILES string of the molecule is COc1ccc(F)c(-c2ccc(COc3ccc(F)c(CCC(=O)O)c3)nc2CC(C)(C)C)c1. The average molecular weight is 470 g/mol. The van der Waals surface area contributed by atoms with Crippen LogP contribution >= 0.6 is 0 Å². The number of benzene rings is 2. The molecular formula is C27H29F2NO4. The van der Waals surface area contributed by atoms with Crippen molar-refractivity contribution in [2.24, 2.45) is 5.41 Å². The number of aryl methyl sites for hydroxylation is 1. The first-order chi connectivity index (χ1) is 16.1. The van der Waals surface area contributed by atoms with Gasteiger partial charge >= 0.3 is 5.97 Å². The Balaban J connectivity index is 1.87. The van der Waals surface area contributed by atoms with Crippen molar-refractivity contribution in [1.82, 2.24) is 4.98 Å². The van der Waals surface area contributed by atoms with Gasteiger partial charge in [-0.15, -0.1) is 0 Å². The molecule has 0 aliphatic carbocycles. The van der Waals surface area contributed by atoms with Crippen LogP contribution < -0.4 is 9.47 Å². The van der Waals surface area contributed by atoms with Crippen molar-refractivity contribution < 1.29 is 28.2 Å². The van der Waals surface area contributed by atoms with Gasteiger partial charge in [-0.1, -0.05) is 26.8 Å². The Labute approximate surface area is 198 Å². The van der Waals surface area contributed by atoms with E-state index < -0.39 is 11.8 Å². The highest BCUT2D eigenvalue weighted by Crippen LogP contribution is 2.33. The molecule has 0 saturated heterocycles. The summed E-state index contributed by atoms with van der Waals surface area (Å²) in [6.07, 6.45) is 0.524. The summed E-state index contributed by atoms with van der Waals surface area (Å²) in [5.74, 6) is -0.843. The minimum absolute atomic E-state index is 0.0765. The molecule has 180 valence electrons. The highest BCUT2D eigenvalue weighted by atomic mass is 19.1. The Morgan fingerprint density at radius 1 is 0.971 bits per heavy atom. The van der Waals surface area contributed by atoms with Gasteiger partial charge in [-0.2, -0.15) is 0 Å². The Hall–Kier alpha value is -3.48. The minimum Gasteiger partial charge on any atom is -0.497 e. The van der Waals surface area contributed by atoms with Gasteiger partial charge < -0.3 is 14.6 Å². The number of ether oxygens (including phenoxy) is 2. The third-order valence-electron chi connectivity index (χ3n) is 5.21. The molecule has 5 nitrogen and oxygen atoms in total. The largest absolute Gasteiger partial charge is 0.497 e. The molecule has 1 heterocycles. The van der Waals surface area contributed by atoms with Crippen molar-refractivity contribution in [2.45, 2.75) is 46.6 Å². The first-order valence-corrected chi connectivity index (χ1v) is 11.0. The predicted octanol–water partition coefficient (Wildman–Crippen LogP) is 6.22. The van der Waals surface area contributed by atoms with Gasteiger partial charge in [-0.3, -0.25) is 9.78 Å². The van der Waals surface area contributed by atoms with E-state index in [-0.39, 0.29) is 36.2 Å². The third-order valence-corrected chi connectivity index (χ3v) is 5.21. The summed E-state index contributed by atoms with van der Waals surface area (Å²) < 4.78 is 39.7. The topological polar surface area (TPSA) is 68.7 Å². The standard InChI is InChI=1S/C27H29F2NO4/c1-27(2,3)15-25-21(22-14-19(33-4)7-11-24(22)29)9-6-18(30-25)16-34-20-8-10-23(28)17(13-20)5-12-26(31)32/h6-11,13-14H,5,12,15-16H2,1-4H3,(H,31,32). The van der Waals surface area contributed by atoms with Gasteiger partial charge in [0.2, 0.25) is 0 Å². The predicted molar refractivity (Wildman–Crippen MR) is 126 cm³/mol. The second-order valence-corrected chi connectivity index (χ2v) is 9.32. The molecule has 2 aromatic carbocycles. The van der Waals surface area contributed by atoms with E-state index in [4.69, 9.17) is 19.6 Å². The molecule has 0 radical (unpaired) electrons. The fourth-order valence-corrected chi connectivity index (χ4v) is 3.58. The van der Waals surface area contributed by atoms with Gasteiger partial charge in [0.15, 0.2) is 0 Å². The number of hydrogen-bond donors (Lipinski definition) is 1. The van der Waals surface area contributed by atoms with Gasteiger partial charge in [-0.05, 0) is 66.3 Å². The number of carboxylic acid groups (broad SMARTS) is 1. The zero-order chi connectivity index (χ0) is 24.9. The second-order valence-electron chi connectivity index (χ2n) is 9.32. The van der Waals surface area contributed by atoms with Crippen LogP contribution in [-0.2, 0) is 24.2 Å². The zero-order valence-corrected chi connectivity index (χ0v) is 19.8. The molecule has 0 unspecified atom stereocenters. The first kappa shape index (κ1) is 25.1. The summed E-state index contributed by atoms with van der Waals surface area (Å²) in [7, 11) is 1.54. The fourth-order valence-electron chi connectivity index (χ4n) is 3.58. The molecule has 0 fully saturated rings. The normalized spacial score (nSPS) is 11.4. The number of pyridine rings is 1. The molecule has 1 N–H and O–H groups in total. The van der Waals surface area contributed by atoms with Crippen LogP contribution in [0.5, 0.6) is 11.5 Å². The summed E-state index contributed by atoms with van der Waals surface area (Å²) in [4.78, 5) is 15.6. The Bertz CT molecular complexity index is 1170. The molecule has 0 spiro atoms. The molecule has 34 heavy (non-hydrogen) atoms. The maximum Gasteiger partial charge on any atom is 0.303 e. The van der Waals surface area contributed by atoms with Gasteiger partial charge in [0.25, 0.3) is 0 Å². The number of carbonyl (C=O) groups is 1. The van der Waals surface area contributed by atoms with E-state index in [9.17, 15) is 13.6 Å². The van der Waals surface area contributed by atoms with Gasteiger partial charge in [-0.25, -0.2) is 8.78 Å². The molecule has 1 aromatic heterocycles. The van der Waals surface area contributed by atoms with Gasteiger partial charge in [0.1, 0.15) is 29.7 Å². The van der Waals surface area contributed by atoms with Crippen LogP contribution in [0.1, 0.15) is 44.1 Å². The Morgan fingerprint density at radius 3 is 2.35 bits per heavy atom. The van der Waals surface area contributed by atoms with E-state index in [1.165, 1.54) is 31.4 Å². The quantitative estimate of drug-likeness (QED) is 0.403. The Kier molecular flexibility index (Phi) is 7.87. The molecule has 3 aromatic rings. The van der Waals surface area contributed by atoms with E-state index in [1.807, 2.05) is 6.07 Å². The lowest BCUT2D eigenvalue weighted by molar-refractivity contribution is -0.136. The average Bonchev–Trinajstić information content (AvgIpc) is 2.77. The first-order valence-electron chi connectivity index (χ1n) is 11.0. The monoisotopic (exact) mass is 469 g/mol. The molecule has 0 aliphatic rings. The molecule has 0 atom stereocenters. The Morgan fingerprint density at radius 2 is 1.68 bits per heavy atom. The molecular weight excluding hydrogens is 440 g/mol. The smallest absolute Gasteiger partial charge is 0.303 e. The van der Waals surface area contributed by atoms with Gasteiger partial charge in [0, 0.05) is 23.2 Å². The van der Waals surface area contributed by atoms with Crippen molar-refractivity contribution in [3.63, 3.8) is 0 Å². The lowest BCUT2D eigenvalue weighted by atomic mass is 9.87. The molecule has 0 bridgehead atoms. The number of rotatable bonds is 9. The number of halogens is 2. The van der Waals surface area contributed by atoms with Crippen molar-refractivity contribution in [2.75, 3.05) is 7.11 Å². The highest BCUT2D eigenvalue weighted by Gasteiger charge is 2.19. The summed E-state index contributed by atoms with van der Waals surface area (Å²) in [5, 5.41) is 8.85. The summed E-state index contributed by atoms with van der Waals surface area (Å²) in [6.45, 7) is 6.38. The van der Waals surface area contributed by atoms with E-state index in [0.29, 0.717) is 34.7 Å². The lowest BCUT2D eigenvalue weighted by Gasteiger charge is -2.21. The second kappa shape index (κ2) is 10.6. The number of nitrogens with zero attached hydrogens (tertiary/aromatic N) is 1. The highest BCUT2D eigenvalue weighted by molar-refractivity contribution is 5.68. The zero-order valence-electron chi connectivity index (χ0n) is 19.8. The number of carboxylic acids is 1. The third kappa shape index (κ3) is 6.76. The van der Waals surface area contributed by atoms with Crippen LogP contribution in [-0.4, -0.2) is 23.2 Å². The number of aliphatic carboxylic acids is 1. The van der Waals surface area contributed by atoms with Gasteiger partial charge in [0.05, 0.1) is 12.8 Å². The van der Waals surface area contributed by atoms with Crippen LogP contribution in [0.2, 0.25) is 0 Å². The van der Waals surface area contributed by atoms with Crippen molar-refractivity contribution in [3.8, 4) is 22.6 Å². The minimum atomic E-state index is -0.992. The maximum absolute atomic E-state index is 14.7. The number of hydrogen-bond acceptors (Lipinski definition) is 4. The molecule has 0 aliphatic heterocycles. The summed E-state index contributed by atoms with van der Waals surface area (Å²) >= 11 is 0. The number of aromatic nitrogens is 1. The number of methoxy groups -OCH3 is 1. The van der Waals surface area contributed by atoms with E-state index in [1.54, 1.807) is 18.2 Å². The molecule has 7 heteroatoms. The van der Waals surface area contributed by atoms with Crippen molar-refractivity contribution >= 4 is 5.97 Å². The van der Waals surface area contributed by atoms with E-state index >= 15 is 0 Å². The van der Waals surface area contributed by atoms with Crippen molar-refractivity contribution in [3.05, 3.63) is 77.1 Å². The maximum atomic E-state index is 14.7. The summed E-state index contributed by atoms with van der Waals surface area (Å²) in [6, 6.07) is 12.5. The van der Waals surface area contributed by atoms with Crippen molar-refractivity contribution in [1.29, 1.82) is 0 Å². The van der Waals surface area contributed by atoms with E-state index in [0.717, 1.165) is 5.69 Å². The fraction of sp³-hybridized carbons (Fsp3) is 0.333. The van der Waals surface area contributed by atoms with Crippen LogP contribution in [0.3, 0.4) is 0 Å². The van der Waals surface area contributed by atoms with E-state index in [2.05, 4.69) is 20.8 Å². The molecule has 3 rings (SSSR count). The van der Waals surface area contributed by atoms with Crippen LogP contribution in [0.25, 0.3) is 11.1 Å². The molecule has 0 amide bonds. The summed E-state index contributed by atoms with van der Waals surface area (Å²) in [5.41, 5.74) is 2.68. The van der Waals surface area contributed by atoms with Crippen LogP contribution in [0, 0.1) is 17.0 Å². The van der Waals surface area contributed by atoms with Crippen LogP contribution in [0.15, 0.2) is 48.5 Å². The molecule has 0 saturated carbocycles. The van der Waals surface area contributed by atoms with Crippen LogP contribution in [0.4, 0.5) is 8.78 Å².